The fourth-order valence-corrected chi connectivity index (χ4v) is 1.01. The van der Waals surface area contributed by atoms with Crippen LogP contribution in [-0.4, -0.2) is 44.4 Å². The second kappa shape index (κ2) is 6.94. The Bertz CT molecular complexity index is 252. The van der Waals surface area contributed by atoms with Crippen molar-refractivity contribution >= 4 is 17.7 Å². The van der Waals surface area contributed by atoms with E-state index in [1.165, 1.54) is 14.0 Å². The summed E-state index contributed by atoms with van der Waals surface area (Å²) in [6.45, 7) is 1.57. The second-order valence-electron chi connectivity index (χ2n) is 3.08. The van der Waals surface area contributed by atoms with Crippen LogP contribution < -0.4 is 10.6 Å². The maximum Gasteiger partial charge on any atom is 0.329 e. The first kappa shape index (κ1) is 13.6. The highest BCUT2D eigenvalue weighted by Gasteiger charge is 2.20. The molecule has 0 aliphatic heterocycles. The lowest BCUT2D eigenvalue weighted by molar-refractivity contribution is -0.145. The third kappa shape index (κ3) is 5.79. The molecule has 1 atom stereocenters. The largest absolute Gasteiger partial charge is 0.467 e. The Morgan fingerprint density at radius 2 is 1.93 bits per heavy atom. The number of esters is 1. The molecule has 6 nitrogen and oxygen atoms in total. The molecule has 0 saturated carbocycles. The summed E-state index contributed by atoms with van der Waals surface area (Å²) in [6, 6.07) is -0.758. The van der Waals surface area contributed by atoms with Crippen LogP contribution in [0.4, 0.5) is 0 Å². The molecule has 0 heterocycles. The number of hydrogen-bond donors (Lipinski definition) is 2. The van der Waals surface area contributed by atoms with Crippen molar-refractivity contribution in [3.05, 3.63) is 0 Å². The van der Waals surface area contributed by atoms with Crippen molar-refractivity contribution in [2.45, 2.75) is 19.4 Å². The molecule has 1 unspecified atom stereocenters. The zero-order valence-electron chi connectivity index (χ0n) is 9.12. The van der Waals surface area contributed by atoms with Crippen molar-refractivity contribution in [2.75, 3.05) is 20.7 Å². The van der Waals surface area contributed by atoms with E-state index >= 15 is 0 Å². The lowest BCUT2D eigenvalue weighted by atomic mass is 10.2. The van der Waals surface area contributed by atoms with Gasteiger partial charge in [0.05, 0.1) is 13.5 Å². The van der Waals surface area contributed by atoms with Gasteiger partial charge < -0.3 is 15.4 Å². The van der Waals surface area contributed by atoms with Gasteiger partial charge in [0.1, 0.15) is 11.8 Å². The SMILES string of the molecule is CNCC(NC(=O)CC(C)=O)C(=O)OC. The van der Waals surface area contributed by atoms with Gasteiger partial charge in [-0.2, -0.15) is 0 Å². The standard InChI is InChI=1S/C9H16N2O4/c1-6(12)4-8(13)11-7(5-10-2)9(14)15-3/h7,10H,4-5H2,1-3H3,(H,11,13). The molecule has 86 valence electrons. The highest BCUT2D eigenvalue weighted by atomic mass is 16.5. The normalized spacial score (nSPS) is 11.7. The third-order valence-electron chi connectivity index (χ3n) is 1.64. The number of ether oxygens (including phenoxy) is 1. The van der Waals surface area contributed by atoms with Crippen LogP contribution in [0.3, 0.4) is 0 Å². The van der Waals surface area contributed by atoms with Gasteiger partial charge in [-0.15, -0.1) is 0 Å². The van der Waals surface area contributed by atoms with Gasteiger partial charge in [0, 0.05) is 6.54 Å². The summed E-state index contributed by atoms with van der Waals surface area (Å²) in [4.78, 5) is 33.0. The highest BCUT2D eigenvalue weighted by Crippen LogP contribution is 1.89. The monoisotopic (exact) mass is 216 g/mol. The number of amides is 1. The number of carbonyl (C=O) groups excluding carboxylic acids is 3. The van der Waals surface area contributed by atoms with Gasteiger partial charge in [-0.05, 0) is 14.0 Å². The van der Waals surface area contributed by atoms with Gasteiger partial charge in [0.25, 0.3) is 0 Å². The molecular weight excluding hydrogens is 200 g/mol. The summed E-state index contributed by atoms with van der Waals surface area (Å²) in [6.07, 6.45) is -0.225. The molecule has 0 aromatic heterocycles. The van der Waals surface area contributed by atoms with Gasteiger partial charge in [-0.25, -0.2) is 4.79 Å². The van der Waals surface area contributed by atoms with Crippen LogP contribution in [0.5, 0.6) is 0 Å². The van der Waals surface area contributed by atoms with E-state index in [-0.39, 0.29) is 18.7 Å². The average Bonchev–Trinajstić information content (AvgIpc) is 2.14. The fraction of sp³-hybridized carbons (Fsp3) is 0.667. The number of Topliss-reactive ketones (excluding diaryl/α,β-unsaturated/α-hetero) is 1. The van der Waals surface area contributed by atoms with Crippen molar-refractivity contribution in [3.63, 3.8) is 0 Å². The summed E-state index contributed by atoms with van der Waals surface area (Å²) in [5.74, 6) is -1.27. The van der Waals surface area contributed by atoms with Gasteiger partial charge in [-0.1, -0.05) is 0 Å². The van der Waals surface area contributed by atoms with Crippen LogP contribution in [0.2, 0.25) is 0 Å². The van der Waals surface area contributed by atoms with Crippen LogP contribution in [0.1, 0.15) is 13.3 Å². The maximum absolute atomic E-state index is 11.2. The van der Waals surface area contributed by atoms with Crippen molar-refractivity contribution in [2.24, 2.45) is 0 Å². The number of hydrogen-bond acceptors (Lipinski definition) is 5. The molecule has 0 rings (SSSR count). The summed E-state index contributed by atoms with van der Waals surface area (Å²) in [5, 5.41) is 5.14. The molecule has 2 N–H and O–H groups in total. The predicted octanol–water partition coefficient (Wildman–Crippen LogP) is -1.16. The molecule has 6 heteroatoms. The number of carbonyl (C=O) groups is 3. The van der Waals surface area contributed by atoms with E-state index in [2.05, 4.69) is 15.4 Å². The Balaban J connectivity index is 4.21. The summed E-state index contributed by atoms with van der Waals surface area (Å²) in [5.41, 5.74) is 0. The van der Waals surface area contributed by atoms with E-state index in [1.807, 2.05) is 0 Å². The van der Waals surface area contributed by atoms with E-state index in [1.54, 1.807) is 7.05 Å². The van der Waals surface area contributed by atoms with E-state index in [4.69, 9.17) is 0 Å². The number of nitrogens with one attached hydrogen (secondary N) is 2. The Hall–Kier alpha value is -1.43. The number of rotatable bonds is 6. The van der Waals surface area contributed by atoms with Crippen molar-refractivity contribution in [1.29, 1.82) is 0 Å². The second-order valence-corrected chi connectivity index (χ2v) is 3.08. The molecular formula is C9H16N2O4. The first-order chi connectivity index (χ1) is 7.01. The van der Waals surface area contributed by atoms with Gasteiger partial charge >= 0.3 is 5.97 Å². The molecule has 0 bridgehead atoms. The molecule has 0 aliphatic rings. The first-order valence-electron chi connectivity index (χ1n) is 4.52. The van der Waals surface area contributed by atoms with Crippen molar-refractivity contribution < 1.29 is 19.1 Å². The predicted molar refractivity (Wildman–Crippen MR) is 53.2 cm³/mol. The maximum atomic E-state index is 11.2. The highest BCUT2D eigenvalue weighted by molar-refractivity contribution is 5.98. The van der Waals surface area contributed by atoms with E-state index in [0.29, 0.717) is 0 Å². The van der Waals surface area contributed by atoms with E-state index in [9.17, 15) is 14.4 Å². The topological polar surface area (TPSA) is 84.5 Å². The zero-order chi connectivity index (χ0) is 11.8. The van der Waals surface area contributed by atoms with Crippen LogP contribution in [0.25, 0.3) is 0 Å². The molecule has 15 heavy (non-hydrogen) atoms. The number of likely N-dealkylation sites (N-methyl/N-ethyl adjacent to an activating group) is 1. The molecule has 0 saturated heterocycles. The smallest absolute Gasteiger partial charge is 0.329 e. The fourth-order valence-electron chi connectivity index (χ4n) is 1.01. The van der Waals surface area contributed by atoms with Gasteiger partial charge in [-0.3, -0.25) is 9.59 Å². The van der Waals surface area contributed by atoms with Gasteiger partial charge in [0.2, 0.25) is 5.91 Å². The molecule has 0 aromatic rings. The molecule has 0 fully saturated rings. The molecule has 0 aromatic carbocycles. The summed E-state index contributed by atoms with van der Waals surface area (Å²) >= 11 is 0. The minimum atomic E-state index is -0.758. The van der Waals surface area contributed by atoms with Crippen LogP contribution in [0.15, 0.2) is 0 Å². The van der Waals surface area contributed by atoms with Gasteiger partial charge in [0.15, 0.2) is 0 Å². The zero-order valence-corrected chi connectivity index (χ0v) is 9.12. The lowest BCUT2D eigenvalue weighted by Crippen LogP contribution is -2.47. The van der Waals surface area contributed by atoms with Crippen molar-refractivity contribution in [1.82, 2.24) is 10.6 Å². The Morgan fingerprint density at radius 3 is 2.33 bits per heavy atom. The minimum absolute atomic E-state index is 0.225. The molecule has 0 radical (unpaired) electrons. The minimum Gasteiger partial charge on any atom is -0.467 e. The van der Waals surface area contributed by atoms with Crippen molar-refractivity contribution in [3.8, 4) is 0 Å². The number of ketones is 1. The van der Waals surface area contributed by atoms with Crippen LogP contribution in [-0.2, 0) is 19.1 Å². The average molecular weight is 216 g/mol. The Labute approximate surface area is 88.4 Å². The Kier molecular flexibility index (Phi) is 6.28. The molecule has 0 aliphatic carbocycles. The van der Waals surface area contributed by atoms with E-state index in [0.717, 1.165) is 0 Å². The van der Waals surface area contributed by atoms with E-state index < -0.39 is 17.9 Å². The Morgan fingerprint density at radius 1 is 1.33 bits per heavy atom. The summed E-state index contributed by atoms with van der Waals surface area (Å²) in [7, 11) is 2.88. The number of methoxy groups -OCH3 is 1. The first-order valence-corrected chi connectivity index (χ1v) is 4.52. The molecule has 0 spiro atoms. The lowest BCUT2D eigenvalue weighted by Gasteiger charge is -2.15. The third-order valence-corrected chi connectivity index (χ3v) is 1.64. The molecule has 1 amide bonds. The quantitative estimate of drug-likeness (QED) is 0.432. The van der Waals surface area contributed by atoms with Crippen LogP contribution in [0, 0.1) is 0 Å². The summed E-state index contributed by atoms with van der Waals surface area (Å²) < 4.78 is 4.49. The van der Waals surface area contributed by atoms with Crippen LogP contribution >= 0.6 is 0 Å².